The third-order valence-corrected chi connectivity index (χ3v) is 14.1. The molecule has 0 saturated carbocycles. The number of hydrogen-bond donors (Lipinski definition) is 1. The molecule has 0 amide bonds. The molecule has 2 atom stereocenters. The van der Waals surface area contributed by atoms with Gasteiger partial charge in [-0.15, -0.1) is 0 Å². The number of likely N-dealkylation sites (N-methyl/N-ethyl adjacent to an activating group) is 1. The number of phosphoric ester groups is 1. The smallest absolute Gasteiger partial charge is 0.462 e. The molecule has 0 spiro atoms. The van der Waals surface area contributed by atoms with E-state index in [2.05, 4.69) is 98.9 Å². The van der Waals surface area contributed by atoms with Gasteiger partial charge >= 0.3 is 19.8 Å². The SMILES string of the molecule is CC/C=C\C/C=C\C/C=C\C/C=C\C/C=C\C/C=C\CCCCCCCCCCCCCCCCCCCCCCC(=O)OC(COC(=O)CCCCCCC/C=C\CCCCC)COP(=O)(O)OCC[N+](C)(C)C. The van der Waals surface area contributed by atoms with Crippen molar-refractivity contribution in [3.63, 3.8) is 0 Å². The molecule has 0 aliphatic rings. The fourth-order valence-corrected chi connectivity index (χ4v) is 9.17. The third-order valence-electron chi connectivity index (χ3n) is 13.2. The van der Waals surface area contributed by atoms with Gasteiger partial charge in [0.05, 0.1) is 27.7 Å². The lowest BCUT2D eigenvalue weighted by atomic mass is 10.0. The van der Waals surface area contributed by atoms with Crippen LogP contribution in [0.2, 0.25) is 0 Å². The minimum absolute atomic E-state index is 0.0298. The van der Waals surface area contributed by atoms with Gasteiger partial charge in [-0.1, -0.05) is 247 Å². The van der Waals surface area contributed by atoms with Crippen LogP contribution in [0, 0.1) is 0 Å². The Morgan fingerprint density at radius 3 is 1.15 bits per heavy atom. The summed E-state index contributed by atoms with van der Waals surface area (Å²) in [5.41, 5.74) is 0. The molecule has 9 nitrogen and oxygen atoms in total. The van der Waals surface area contributed by atoms with E-state index in [4.69, 9.17) is 18.5 Å². The van der Waals surface area contributed by atoms with E-state index in [0.717, 1.165) is 89.9 Å². The van der Waals surface area contributed by atoms with Crippen LogP contribution in [0.1, 0.15) is 264 Å². The van der Waals surface area contributed by atoms with Gasteiger partial charge in [0.2, 0.25) is 0 Å². The predicted molar refractivity (Wildman–Crippen MR) is 321 cm³/mol. The Bertz CT molecular complexity index is 1540. The summed E-state index contributed by atoms with van der Waals surface area (Å²) in [4.78, 5) is 35.6. The second-order valence-electron chi connectivity index (χ2n) is 21.7. The van der Waals surface area contributed by atoms with Crippen molar-refractivity contribution < 1.29 is 42.1 Å². The molecule has 75 heavy (non-hydrogen) atoms. The molecule has 0 aliphatic heterocycles. The molecule has 0 fully saturated rings. The molecular weight excluding hydrogens is 954 g/mol. The van der Waals surface area contributed by atoms with E-state index < -0.39 is 26.5 Å². The van der Waals surface area contributed by atoms with Gasteiger partial charge in [0.25, 0.3) is 0 Å². The monoisotopic (exact) mass is 1070 g/mol. The highest BCUT2D eigenvalue weighted by molar-refractivity contribution is 7.47. The average molecular weight is 1070 g/mol. The van der Waals surface area contributed by atoms with Crippen molar-refractivity contribution in [1.82, 2.24) is 0 Å². The van der Waals surface area contributed by atoms with E-state index in [9.17, 15) is 19.0 Å². The minimum atomic E-state index is -4.38. The molecule has 10 heteroatoms. The summed E-state index contributed by atoms with van der Waals surface area (Å²) in [6, 6.07) is 0. The Kier molecular flexibility index (Phi) is 53.8. The molecule has 0 saturated heterocycles. The molecule has 434 valence electrons. The Labute approximate surface area is 462 Å². The van der Waals surface area contributed by atoms with Gasteiger partial charge in [-0.3, -0.25) is 18.6 Å². The largest absolute Gasteiger partial charge is 0.472 e. The van der Waals surface area contributed by atoms with Crippen LogP contribution in [-0.2, 0) is 32.7 Å². The summed E-state index contributed by atoms with van der Waals surface area (Å²) < 4.78 is 34.5. The first-order valence-electron chi connectivity index (χ1n) is 30.8. The van der Waals surface area contributed by atoms with Crippen LogP contribution in [0.5, 0.6) is 0 Å². The Balaban J connectivity index is 3.92. The van der Waals surface area contributed by atoms with E-state index in [0.29, 0.717) is 17.4 Å². The van der Waals surface area contributed by atoms with Crippen LogP contribution in [0.3, 0.4) is 0 Å². The average Bonchev–Trinajstić information content (AvgIpc) is 3.37. The van der Waals surface area contributed by atoms with Gasteiger partial charge in [0.15, 0.2) is 6.10 Å². The molecule has 0 heterocycles. The molecule has 2 unspecified atom stereocenters. The van der Waals surface area contributed by atoms with E-state index in [1.54, 1.807) is 0 Å². The molecule has 0 aromatic rings. The lowest BCUT2D eigenvalue weighted by Gasteiger charge is -2.24. The summed E-state index contributed by atoms with van der Waals surface area (Å²) in [7, 11) is 1.48. The maximum absolute atomic E-state index is 12.8. The van der Waals surface area contributed by atoms with Crippen LogP contribution in [0.15, 0.2) is 85.1 Å². The minimum Gasteiger partial charge on any atom is -0.462 e. The number of esters is 2. The Hall–Kier alpha value is -2.81. The topological polar surface area (TPSA) is 108 Å². The Morgan fingerprint density at radius 1 is 0.427 bits per heavy atom. The van der Waals surface area contributed by atoms with Gasteiger partial charge in [-0.05, 0) is 89.9 Å². The van der Waals surface area contributed by atoms with Gasteiger partial charge < -0.3 is 18.9 Å². The highest BCUT2D eigenvalue weighted by Gasteiger charge is 2.27. The van der Waals surface area contributed by atoms with Gasteiger partial charge in [0, 0.05) is 12.8 Å². The van der Waals surface area contributed by atoms with Gasteiger partial charge in [-0.2, -0.15) is 0 Å². The number of carbonyl (C=O) groups is 2. The highest BCUT2D eigenvalue weighted by Crippen LogP contribution is 2.43. The first kappa shape index (κ1) is 72.2. The molecule has 1 N–H and O–H groups in total. The number of ether oxygens (including phenoxy) is 2. The van der Waals surface area contributed by atoms with Crippen molar-refractivity contribution >= 4 is 19.8 Å². The van der Waals surface area contributed by atoms with Crippen molar-refractivity contribution in [2.75, 3.05) is 47.5 Å². The number of unbranched alkanes of at least 4 members (excludes halogenated alkanes) is 28. The molecule has 0 radical (unpaired) electrons. The van der Waals surface area contributed by atoms with Crippen LogP contribution >= 0.6 is 7.82 Å². The van der Waals surface area contributed by atoms with Crippen LogP contribution < -0.4 is 0 Å². The number of quaternary nitrogens is 1. The van der Waals surface area contributed by atoms with Crippen LogP contribution in [-0.4, -0.2) is 74.9 Å². The van der Waals surface area contributed by atoms with Crippen molar-refractivity contribution in [1.29, 1.82) is 0 Å². The first-order valence-corrected chi connectivity index (χ1v) is 32.3. The van der Waals surface area contributed by atoms with Crippen LogP contribution in [0.25, 0.3) is 0 Å². The maximum Gasteiger partial charge on any atom is 0.472 e. The van der Waals surface area contributed by atoms with E-state index in [1.165, 1.54) is 141 Å². The van der Waals surface area contributed by atoms with Crippen molar-refractivity contribution in [2.24, 2.45) is 0 Å². The summed E-state index contributed by atoms with van der Waals surface area (Å²) in [5.74, 6) is -0.802. The van der Waals surface area contributed by atoms with Crippen molar-refractivity contribution in [3.8, 4) is 0 Å². The predicted octanol–water partition coefficient (Wildman–Crippen LogP) is 19.4. The zero-order valence-electron chi connectivity index (χ0n) is 49.3. The molecule has 0 aromatic carbocycles. The van der Waals surface area contributed by atoms with Gasteiger partial charge in [0.1, 0.15) is 19.8 Å². The molecule has 0 bridgehead atoms. The quantitative estimate of drug-likeness (QED) is 0.0211. The van der Waals surface area contributed by atoms with E-state index in [-0.39, 0.29) is 32.0 Å². The zero-order valence-corrected chi connectivity index (χ0v) is 50.2. The number of phosphoric acid groups is 1. The lowest BCUT2D eigenvalue weighted by Crippen LogP contribution is -2.37. The van der Waals surface area contributed by atoms with E-state index >= 15 is 0 Å². The summed E-state index contributed by atoms with van der Waals surface area (Å²) >= 11 is 0. The first-order chi connectivity index (χ1) is 36.5. The number of rotatable bonds is 56. The molecule has 0 aliphatic carbocycles. The summed E-state index contributed by atoms with van der Waals surface area (Å²) in [6.07, 6.45) is 75.4. The summed E-state index contributed by atoms with van der Waals surface area (Å²) in [6.45, 7) is 4.29. The highest BCUT2D eigenvalue weighted by atomic mass is 31.2. The van der Waals surface area contributed by atoms with Gasteiger partial charge in [-0.25, -0.2) is 4.57 Å². The second kappa shape index (κ2) is 55.9. The lowest BCUT2D eigenvalue weighted by molar-refractivity contribution is -0.870. The molecule has 0 aromatic heterocycles. The number of hydrogen-bond acceptors (Lipinski definition) is 7. The standard InChI is InChI=1S/C65H116NO8P/c1-6-8-10-12-14-16-18-20-21-22-23-24-25-26-27-28-29-30-31-32-33-34-35-36-37-38-39-40-41-42-43-44-45-46-48-50-52-54-56-58-65(68)74-63(62-73-75(69,70)72-60-59-66(3,4)5)61-71-64(67)57-55-53-51-49-47-19-17-15-13-11-9-7-2/h8,10,14-17,20-21,23-24,26-27,29-30,63H,6-7,9,11-13,18-19,22,25,28,31-62H2,1-5H3/p+1/b10-8-,16-14-,17-15-,21-20-,24-23-,27-26-,30-29-. The number of allylic oxidation sites excluding steroid dienone is 14. The molecule has 0 rings (SSSR count). The van der Waals surface area contributed by atoms with E-state index in [1.807, 2.05) is 21.1 Å². The van der Waals surface area contributed by atoms with Crippen molar-refractivity contribution in [3.05, 3.63) is 85.1 Å². The fraction of sp³-hybridized carbons (Fsp3) is 0.754. The second-order valence-corrected chi connectivity index (χ2v) is 23.2. The Morgan fingerprint density at radius 2 is 0.760 bits per heavy atom. The summed E-state index contributed by atoms with van der Waals surface area (Å²) in [5, 5.41) is 0. The fourth-order valence-electron chi connectivity index (χ4n) is 8.43. The normalized spacial score (nSPS) is 13.8. The third kappa shape index (κ3) is 60.3. The molecular formula is C65H117NO8P+. The van der Waals surface area contributed by atoms with Crippen LogP contribution in [0.4, 0.5) is 0 Å². The van der Waals surface area contributed by atoms with Crippen molar-refractivity contribution in [2.45, 2.75) is 270 Å². The zero-order chi connectivity index (χ0) is 54.9. The number of carbonyl (C=O) groups excluding carboxylic acids is 2. The number of nitrogens with zero attached hydrogens (tertiary/aromatic N) is 1. The maximum atomic E-state index is 12.8.